The van der Waals surface area contributed by atoms with Crippen LogP contribution in [0.15, 0.2) is 24.3 Å². The molecule has 2 amide bonds. The van der Waals surface area contributed by atoms with Crippen LogP contribution in [0.3, 0.4) is 0 Å². The second-order valence-electron chi connectivity index (χ2n) is 6.92. The van der Waals surface area contributed by atoms with Gasteiger partial charge in [-0.05, 0) is 48.9 Å². The Morgan fingerprint density at radius 2 is 1.76 bits per heavy atom. The first-order valence-corrected chi connectivity index (χ1v) is 8.86. The number of nitrogens with two attached hydrogens (primary N) is 1. The molecule has 0 saturated heterocycles. The molecule has 0 aromatic heterocycles. The van der Waals surface area contributed by atoms with Gasteiger partial charge < -0.3 is 16.4 Å². The summed E-state index contributed by atoms with van der Waals surface area (Å²) in [5, 5.41) is 5.76. The number of benzene rings is 1. The number of halogens is 1. The lowest BCUT2D eigenvalue weighted by molar-refractivity contribution is -0.123. The minimum atomic E-state index is -0.0773. The molecule has 25 heavy (non-hydrogen) atoms. The van der Waals surface area contributed by atoms with E-state index in [0.717, 1.165) is 30.5 Å². The molecular weight excluding hydrogens is 338 g/mol. The van der Waals surface area contributed by atoms with Crippen molar-refractivity contribution in [2.24, 2.45) is 11.1 Å². The van der Waals surface area contributed by atoms with Gasteiger partial charge in [-0.3, -0.25) is 9.59 Å². The van der Waals surface area contributed by atoms with Crippen LogP contribution in [0.4, 0.5) is 5.69 Å². The first-order valence-electron chi connectivity index (χ1n) is 8.86. The van der Waals surface area contributed by atoms with E-state index >= 15 is 0 Å². The average Bonchev–Trinajstić information content (AvgIpc) is 2.57. The van der Waals surface area contributed by atoms with E-state index in [-0.39, 0.29) is 29.6 Å². The van der Waals surface area contributed by atoms with Crippen LogP contribution >= 0.6 is 12.4 Å². The van der Waals surface area contributed by atoms with Gasteiger partial charge in [0.25, 0.3) is 0 Å². The fraction of sp³-hybridized carbons (Fsp3) is 0.579. The highest BCUT2D eigenvalue weighted by atomic mass is 35.5. The second kappa shape index (κ2) is 10.4. The molecule has 0 spiro atoms. The van der Waals surface area contributed by atoms with Crippen LogP contribution in [0.1, 0.15) is 51.0 Å². The third kappa shape index (κ3) is 7.04. The number of rotatable bonds is 7. The van der Waals surface area contributed by atoms with Gasteiger partial charge in [0, 0.05) is 25.6 Å². The Morgan fingerprint density at radius 3 is 2.32 bits per heavy atom. The van der Waals surface area contributed by atoms with Gasteiger partial charge in [-0.15, -0.1) is 12.4 Å². The van der Waals surface area contributed by atoms with E-state index in [4.69, 9.17) is 5.73 Å². The summed E-state index contributed by atoms with van der Waals surface area (Å²) in [4.78, 5) is 23.2. The van der Waals surface area contributed by atoms with Gasteiger partial charge in [-0.25, -0.2) is 0 Å². The summed E-state index contributed by atoms with van der Waals surface area (Å²) in [5.74, 6) is 0.0313. The number of hydrogen-bond acceptors (Lipinski definition) is 3. The summed E-state index contributed by atoms with van der Waals surface area (Å²) in [6.45, 7) is 2.72. The summed E-state index contributed by atoms with van der Waals surface area (Å²) < 4.78 is 0. The van der Waals surface area contributed by atoms with Gasteiger partial charge in [-0.1, -0.05) is 31.4 Å². The van der Waals surface area contributed by atoms with Crippen molar-refractivity contribution >= 4 is 29.9 Å². The fourth-order valence-corrected chi connectivity index (χ4v) is 3.46. The predicted octanol–water partition coefficient (Wildman–Crippen LogP) is 3.02. The lowest BCUT2D eigenvalue weighted by Crippen LogP contribution is -2.39. The molecule has 1 aromatic carbocycles. The zero-order valence-corrected chi connectivity index (χ0v) is 15.8. The molecule has 6 heteroatoms. The molecule has 0 unspecified atom stereocenters. The van der Waals surface area contributed by atoms with E-state index in [0.29, 0.717) is 19.5 Å². The second-order valence-corrected chi connectivity index (χ2v) is 6.92. The zero-order chi connectivity index (χ0) is 17.4. The maximum Gasteiger partial charge on any atom is 0.221 e. The molecule has 0 aliphatic heterocycles. The minimum Gasteiger partial charge on any atom is -0.356 e. The predicted molar refractivity (Wildman–Crippen MR) is 104 cm³/mol. The SMILES string of the molecule is CC(=O)Nc1ccc(CCNC(=O)CC2(CN)CCCCC2)cc1.Cl. The van der Waals surface area contributed by atoms with Crippen LogP contribution in [0.5, 0.6) is 0 Å². The highest BCUT2D eigenvalue weighted by Gasteiger charge is 2.32. The molecule has 4 N–H and O–H groups in total. The first-order chi connectivity index (χ1) is 11.5. The first kappa shape index (κ1) is 21.5. The van der Waals surface area contributed by atoms with Crippen LogP contribution in [0.25, 0.3) is 0 Å². The third-order valence-electron chi connectivity index (χ3n) is 4.89. The maximum atomic E-state index is 12.2. The van der Waals surface area contributed by atoms with E-state index in [1.165, 1.54) is 26.2 Å². The maximum absolute atomic E-state index is 12.2. The monoisotopic (exact) mass is 367 g/mol. The summed E-state index contributed by atoms with van der Waals surface area (Å²) in [7, 11) is 0. The van der Waals surface area contributed by atoms with Crippen LogP contribution < -0.4 is 16.4 Å². The van der Waals surface area contributed by atoms with E-state index in [1.807, 2.05) is 24.3 Å². The van der Waals surface area contributed by atoms with Gasteiger partial charge in [0.05, 0.1) is 0 Å². The van der Waals surface area contributed by atoms with Crippen molar-refractivity contribution in [3.63, 3.8) is 0 Å². The standard InChI is InChI=1S/C19H29N3O2.ClH/c1-15(23)22-17-7-5-16(6-8-17)9-12-21-18(24)13-19(14-20)10-3-2-4-11-19;/h5-8H,2-4,9-14,20H2,1H3,(H,21,24)(H,22,23);1H. The lowest BCUT2D eigenvalue weighted by atomic mass is 9.71. The van der Waals surface area contributed by atoms with Crippen molar-refractivity contribution in [1.29, 1.82) is 0 Å². The number of hydrogen-bond donors (Lipinski definition) is 3. The van der Waals surface area contributed by atoms with Crippen molar-refractivity contribution in [2.45, 2.75) is 51.9 Å². The fourth-order valence-electron chi connectivity index (χ4n) is 3.46. The summed E-state index contributed by atoms with van der Waals surface area (Å²) in [6.07, 6.45) is 7.10. The Kier molecular flexibility index (Phi) is 8.93. The van der Waals surface area contributed by atoms with Crippen molar-refractivity contribution in [2.75, 3.05) is 18.4 Å². The van der Waals surface area contributed by atoms with Crippen LogP contribution in [-0.2, 0) is 16.0 Å². The molecule has 0 heterocycles. The summed E-state index contributed by atoms with van der Waals surface area (Å²) in [6, 6.07) is 7.70. The normalized spacial score (nSPS) is 15.8. The molecule has 0 radical (unpaired) electrons. The number of nitrogens with one attached hydrogen (secondary N) is 2. The quantitative estimate of drug-likeness (QED) is 0.692. The minimum absolute atomic E-state index is 0. The van der Waals surface area contributed by atoms with Crippen LogP contribution in [-0.4, -0.2) is 24.9 Å². The van der Waals surface area contributed by atoms with Gasteiger partial charge in [0.1, 0.15) is 0 Å². The molecule has 1 saturated carbocycles. The van der Waals surface area contributed by atoms with Gasteiger partial charge in [0.2, 0.25) is 11.8 Å². The molecule has 1 aliphatic rings. The lowest BCUT2D eigenvalue weighted by Gasteiger charge is -2.35. The van der Waals surface area contributed by atoms with Crippen molar-refractivity contribution < 1.29 is 9.59 Å². The van der Waals surface area contributed by atoms with Crippen LogP contribution in [0, 0.1) is 5.41 Å². The summed E-state index contributed by atoms with van der Waals surface area (Å²) >= 11 is 0. The van der Waals surface area contributed by atoms with E-state index in [9.17, 15) is 9.59 Å². The topological polar surface area (TPSA) is 84.2 Å². The number of anilines is 1. The van der Waals surface area contributed by atoms with Crippen LogP contribution in [0.2, 0.25) is 0 Å². The number of carbonyl (C=O) groups is 2. The Balaban J connectivity index is 0.00000312. The molecule has 5 nitrogen and oxygen atoms in total. The van der Waals surface area contributed by atoms with E-state index < -0.39 is 0 Å². The molecule has 140 valence electrons. The molecule has 1 aromatic rings. The zero-order valence-electron chi connectivity index (χ0n) is 15.0. The molecule has 0 atom stereocenters. The smallest absolute Gasteiger partial charge is 0.221 e. The number of amides is 2. The highest BCUT2D eigenvalue weighted by Crippen LogP contribution is 2.38. The molecule has 0 bridgehead atoms. The Hall–Kier alpha value is -1.59. The molecule has 1 fully saturated rings. The third-order valence-corrected chi connectivity index (χ3v) is 4.89. The average molecular weight is 368 g/mol. The highest BCUT2D eigenvalue weighted by molar-refractivity contribution is 5.88. The van der Waals surface area contributed by atoms with Crippen molar-refractivity contribution in [3.8, 4) is 0 Å². The van der Waals surface area contributed by atoms with Gasteiger partial charge >= 0.3 is 0 Å². The van der Waals surface area contributed by atoms with Crippen molar-refractivity contribution in [3.05, 3.63) is 29.8 Å². The largest absolute Gasteiger partial charge is 0.356 e. The molecule has 2 rings (SSSR count). The Labute approximate surface area is 156 Å². The van der Waals surface area contributed by atoms with E-state index in [2.05, 4.69) is 10.6 Å². The molecular formula is C19H30ClN3O2. The Bertz CT molecular complexity index is 554. The molecule has 1 aliphatic carbocycles. The Morgan fingerprint density at radius 1 is 1.12 bits per heavy atom. The van der Waals surface area contributed by atoms with Gasteiger partial charge in [0.15, 0.2) is 0 Å². The van der Waals surface area contributed by atoms with Crippen molar-refractivity contribution in [1.82, 2.24) is 5.32 Å². The van der Waals surface area contributed by atoms with E-state index in [1.54, 1.807) is 0 Å². The van der Waals surface area contributed by atoms with Gasteiger partial charge in [-0.2, -0.15) is 0 Å². The number of carbonyl (C=O) groups excluding carboxylic acids is 2. The summed E-state index contributed by atoms with van der Waals surface area (Å²) in [5.41, 5.74) is 7.89.